The summed E-state index contributed by atoms with van der Waals surface area (Å²) < 4.78 is 5.54. The minimum atomic E-state index is 0.0314. The molecule has 1 fully saturated rings. The Hall–Kier alpha value is -2.20. The molecule has 0 aliphatic carbocycles. The molecule has 4 heteroatoms. The van der Waals surface area contributed by atoms with Crippen LogP contribution in [0.4, 0.5) is 5.69 Å². The van der Waals surface area contributed by atoms with Gasteiger partial charge in [0.15, 0.2) is 0 Å². The molecule has 22 heavy (non-hydrogen) atoms. The molecule has 1 spiro atoms. The zero-order chi connectivity index (χ0) is 15.0. The van der Waals surface area contributed by atoms with Crippen molar-refractivity contribution in [1.29, 1.82) is 0 Å². The molecule has 2 aromatic rings. The van der Waals surface area contributed by atoms with Crippen LogP contribution >= 0.6 is 0 Å². The van der Waals surface area contributed by atoms with Gasteiger partial charge in [-0.15, -0.1) is 0 Å². The van der Waals surface area contributed by atoms with Crippen molar-refractivity contribution in [2.24, 2.45) is 0 Å². The number of amides is 1. The van der Waals surface area contributed by atoms with Gasteiger partial charge in [-0.1, -0.05) is 18.2 Å². The van der Waals surface area contributed by atoms with Crippen molar-refractivity contribution in [3.8, 4) is 0 Å². The number of hydrogen-bond donors (Lipinski definition) is 0. The minimum Gasteiger partial charge on any atom is -0.381 e. The number of hydrogen-bond acceptors (Lipinski definition) is 3. The first kappa shape index (κ1) is 13.5. The monoisotopic (exact) mass is 294 g/mol. The van der Waals surface area contributed by atoms with Gasteiger partial charge in [0.05, 0.1) is 5.56 Å². The zero-order valence-corrected chi connectivity index (χ0v) is 12.4. The molecular formula is C18H18N2O2. The van der Waals surface area contributed by atoms with Crippen LogP contribution in [0.5, 0.6) is 0 Å². The van der Waals surface area contributed by atoms with Crippen LogP contribution in [0.2, 0.25) is 0 Å². The summed E-state index contributed by atoms with van der Waals surface area (Å²) in [6, 6.07) is 11.9. The Labute approximate surface area is 129 Å². The third kappa shape index (κ3) is 2.03. The summed E-state index contributed by atoms with van der Waals surface area (Å²) in [6.45, 7) is 2.27. The van der Waals surface area contributed by atoms with Crippen molar-refractivity contribution in [2.45, 2.75) is 18.3 Å². The van der Waals surface area contributed by atoms with Gasteiger partial charge in [0.2, 0.25) is 0 Å². The van der Waals surface area contributed by atoms with E-state index < -0.39 is 0 Å². The van der Waals surface area contributed by atoms with Crippen LogP contribution in [0.15, 0.2) is 48.8 Å². The smallest absolute Gasteiger partial charge is 0.259 e. The molecule has 1 aromatic heterocycles. The minimum absolute atomic E-state index is 0.0314. The fourth-order valence-corrected chi connectivity index (χ4v) is 3.65. The summed E-state index contributed by atoms with van der Waals surface area (Å²) in [5.41, 5.74) is 3.02. The van der Waals surface area contributed by atoms with Crippen LogP contribution in [0.3, 0.4) is 0 Å². The first-order chi connectivity index (χ1) is 10.8. The standard InChI is InChI=1S/C18H18N2O2/c21-17(14-4-3-9-19-12-14)20-13-18(7-10-22-11-8-18)15-5-1-2-6-16(15)20/h1-6,9,12H,7-8,10-11,13H2. The van der Waals surface area contributed by atoms with Crippen molar-refractivity contribution in [3.05, 3.63) is 59.9 Å². The highest BCUT2D eigenvalue weighted by atomic mass is 16.5. The quantitative estimate of drug-likeness (QED) is 0.812. The summed E-state index contributed by atoms with van der Waals surface area (Å²) in [6.07, 6.45) is 5.27. The molecule has 0 bridgehead atoms. The van der Waals surface area contributed by atoms with Crippen LogP contribution < -0.4 is 4.90 Å². The second-order valence-electron chi connectivity index (χ2n) is 6.04. The van der Waals surface area contributed by atoms with Crippen LogP contribution in [-0.2, 0) is 10.2 Å². The Kier molecular flexibility index (Phi) is 3.19. The SMILES string of the molecule is O=C(c1cccnc1)N1CC2(CCOCC2)c2ccccc21. The van der Waals surface area contributed by atoms with Crippen LogP contribution in [-0.4, -0.2) is 30.6 Å². The summed E-state index contributed by atoms with van der Waals surface area (Å²) in [7, 11) is 0. The van der Waals surface area contributed by atoms with Gasteiger partial charge in [0.25, 0.3) is 5.91 Å². The van der Waals surface area contributed by atoms with Crippen molar-refractivity contribution in [3.63, 3.8) is 0 Å². The molecular weight excluding hydrogens is 276 g/mol. The van der Waals surface area contributed by atoms with Gasteiger partial charge in [-0.05, 0) is 36.6 Å². The molecule has 1 amide bonds. The number of carbonyl (C=O) groups excluding carboxylic acids is 1. The largest absolute Gasteiger partial charge is 0.381 e. The molecule has 1 saturated heterocycles. The molecule has 0 atom stereocenters. The van der Waals surface area contributed by atoms with E-state index in [1.54, 1.807) is 18.5 Å². The van der Waals surface area contributed by atoms with Gasteiger partial charge in [-0.2, -0.15) is 0 Å². The second kappa shape index (κ2) is 5.21. The molecule has 0 N–H and O–H groups in total. The number of nitrogens with zero attached hydrogens (tertiary/aromatic N) is 2. The van der Waals surface area contributed by atoms with Gasteiger partial charge in [0.1, 0.15) is 0 Å². The van der Waals surface area contributed by atoms with Crippen molar-refractivity contribution in [1.82, 2.24) is 4.98 Å². The molecule has 0 saturated carbocycles. The highest BCUT2D eigenvalue weighted by Gasteiger charge is 2.45. The Morgan fingerprint density at radius 2 is 1.95 bits per heavy atom. The lowest BCUT2D eigenvalue weighted by atomic mass is 9.76. The summed E-state index contributed by atoms with van der Waals surface area (Å²) in [5.74, 6) is 0.0314. The molecule has 112 valence electrons. The lowest BCUT2D eigenvalue weighted by molar-refractivity contribution is 0.0547. The van der Waals surface area contributed by atoms with Crippen molar-refractivity contribution in [2.75, 3.05) is 24.7 Å². The van der Waals surface area contributed by atoms with Crippen molar-refractivity contribution < 1.29 is 9.53 Å². The first-order valence-electron chi connectivity index (χ1n) is 7.69. The number of para-hydroxylation sites is 1. The predicted molar refractivity (Wildman–Crippen MR) is 84.1 cm³/mol. The van der Waals surface area contributed by atoms with Crippen LogP contribution in [0.25, 0.3) is 0 Å². The van der Waals surface area contributed by atoms with Gasteiger partial charge >= 0.3 is 0 Å². The topological polar surface area (TPSA) is 42.4 Å². The van der Waals surface area contributed by atoms with Gasteiger partial charge in [-0.3, -0.25) is 9.78 Å². The highest BCUT2D eigenvalue weighted by molar-refractivity contribution is 6.07. The molecule has 0 unspecified atom stereocenters. The third-order valence-electron chi connectivity index (χ3n) is 4.83. The van der Waals surface area contributed by atoms with E-state index in [0.29, 0.717) is 5.56 Å². The molecule has 0 radical (unpaired) electrons. The van der Waals surface area contributed by atoms with Gasteiger partial charge < -0.3 is 9.64 Å². The number of pyridine rings is 1. The zero-order valence-electron chi connectivity index (χ0n) is 12.4. The molecule has 3 heterocycles. The summed E-state index contributed by atoms with van der Waals surface area (Å²) >= 11 is 0. The molecule has 1 aromatic carbocycles. The molecule has 4 rings (SSSR count). The third-order valence-corrected chi connectivity index (χ3v) is 4.83. The number of rotatable bonds is 1. The van der Waals surface area contributed by atoms with E-state index in [0.717, 1.165) is 38.3 Å². The number of fused-ring (bicyclic) bond motifs is 2. The number of aromatic nitrogens is 1. The normalized spacial score (nSPS) is 19.2. The van der Waals surface area contributed by atoms with E-state index >= 15 is 0 Å². The van der Waals surface area contributed by atoms with Gasteiger partial charge in [0, 0.05) is 43.3 Å². The van der Waals surface area contributed by atoms with E-state index in [4.69, 9.17) is 4.74 Å². The fraction of sp³-hybridized carbons (Fsp3) is 0.333. The highest BCUT2D eigenvalue weighted by Crippen LogP contribution is 2.46. The number of anilines is 1. The number of ether oxygens (including phenoxy) is 1. The van der Waals surface area contributed by atoms with Crippen LogP contribution in [0, 0.1) is 0 Å². The average Bonchev–Trinajstić information content (AvgIpc) is 2.90. The summed E-state index contributed by atoms with van der Waals surface area (Å²) in [4.78, 5) is 18.9. The molecule has 4 nitrogen and oxygen atoms in total. The fourth-order valence-electron chi connectivity index (χ4n) is 3.65. The Morgan fingerprint density at radius 1 is 1.14 bits per heavy atom. The lowest BCUT2D eigenvalue weighted by Crippen LogP contribution is -2.40. The maximum atomic E-state index is 12.9. The predicted octanol–water partition coefficient (Wildman–Crippen LogP) is 2.79. The lowest BCUT2D eigenvalue weighted by Gasteiger charge is -2.34. The van der Waals surface area contributed by atoms with E-state index in [-0.39, 0.29) is 11.3 Å². The van der Waals surface area contributed by atoms with Gasteiger partial charge in [-0.25, -0.2) is 0 Å². The molecule has 2 aliphatic heterocycles. The average molecular weight is 294 g/mol. The van der Waals surface area contributed by atoms with E-state index in [1.807, 2.05) is 23.1 Å². The summed E-state index contributed by atoms with van der Waals surface area (Å²) in [5, 5.41) is 0. The van der Waals surface area contributed by atoms with Crippen molar-refractivity contribution >= 4 is 11.6 Å². The Bertz CT molecular complexity index is 693. The number of benzene rings is 1. The van der Waals surface area contributed by atoms with E-state index in [9.17, 15) is 4.79 Å². The van der Waals surface area contributed by atoms with E-state index in [1.165, 1.54) is 5.56 Å². The number of carbonyl (C=O) groups is 1. The van der Waals surface area contributed by atoms with E-state index in [2.05, 4.69) is 17.1 Å². The Morgan fingerprint density at radius 3 is 2.73 bits per heavy atom. The Balaban J connectivity index is 1.75. The van der Waals surface area contributed by atoms with Crippen LogP contribution in [0.1, 0.15) is 28.8 Å². The maximum Gasteiger partial charge on any atom is 0.259 e. The first-order valence-corrected chi connectivity index (χ1v) is 7.69. The maximum absolute atomic E-state index is 12.9. The molecule has 2 aliphatic rings. The second-order valence-corrected chi connectivity index (χ2v) is 6.04.